The van der Waals surface area contributed by atoms with Crippen molar-refractivity contribution in [2.45, 2.75) is 51.5 Å². The van der Waals surface area contributed by atoms with Gasteiger partial charge in [-0.1, -0.05) is 22.9 Å². The quantitative estimate of drug-likeness (QED) is 0.914. The molecule has 0 radical (unpaired) electrons. The van der Waals surface area contributed by atoms with Crippen LogP contribution < -0.4 is 5.73 Å². The average Bonchev–Trinajstić information content (AvgIpc) is 2.91. The Morgan fingerprint density at radius 2 is 2.14 bits per heavy atom. The fourth-order valence-electron chi connectivity index (χ4n) is 3.06. The number of hydrogen-bond donors (Lipinski definition) is 1. The van der Waals surface area contributed by atoms with Gasteiger partial charge in [0.25, 0.3) is 0 Å². The highest BCUT2D eigenvalue weighted by Gasteiger charge is 2.18. The Hall–Kier alpha value is -1.13. The van der Waals surface area contributed by atoms with Crippen molar-refractivity contribution in [2.24, 2.45) is 5.73 Å². The maximum atomic E-state index is 6.17. The predicted molar refractivity (Wildman–Crippen MR) is 89.9 cm³/mol. The van der Waals surface area contributed by atoms with E-state index in [1.807, 2.05) is 6.33 Å². The number of aromatic nitrogens is 2. The van der Waals surface area contributed by atoms with E-state index in [9.17, 15) is 0 Å². The Morgan fingerprint density at radius 1 is 1.33 bits per heavy atom. The van der Waals surface area contributed by atoms with E-state index in [1.54, 1.807) is 0 Å². The normalized spacial score (nSPS) is 15.8. The van der Waals surface area contributed by atoms with Gasteiger partial charge in [-0.2, -0.15) is 0 Å². The van der Waals surface area contributed by atoms with Crippen LogP contribution in [0.4, 0.5) is 0 Å². The van der Waals surface area contributed by atoms with Gasteiger partial charge in [-0.05, 0) is 62.3 Å². The number of nitrogens with two attached hydrogens (primary N) is 1. The highest BCUT2D eigenvalue weighted by atomic mass is 79.9. The van der Waals surface area contributed by atoms with Gasteiger partial charge in [0.2, 0.25) is 0 Å². The van der Waals surface area contributed by atoms with Gasteiger partial charge in [-0.25, -0.2) is 4.98 Å². The Bertz CT molecular complexity index is 633. The first kappa shape index (κ1) is 14.8. The first-order valence-electron chi connectivity index (χ1n) is 7.78. The smallest absolute Gasteiger partial charge is 0.0997 e. The lowest BCUT2D eigenvalue weighted by atomic mass is 9.99. The Labute approximate surface area is 134 Å². The number of rotatable bonds is 4. The van der Waals surface area contributed by atoms with Crippen LogP contribution in [0.25, 0.3) is 5.69 Å². The molecule has 2 N–H and O–H groups in total. The standard InChI is InChI=1S/C17H22BrN3/c1-2-14(19)10-12-9-13(18)7-8-16(12)21-11-20-15-5-3-4-6-17(15)21/h7-9,11,14H,2-6,10,19H2,1H3. The van der Waals surface area contributed by atoms with Gasteiger partial charge in [-0.3, -0.25) is 0 Å². The summed E-state index contributed by atoms with van der Waals surface area (Å²) in [5, 5.41) is 0. The van der Waals surface area contributed by atoms with E-state index >= 15 is 0 Å². The van der Waals surface area contributed by atoms with Crippen molar-refractivity contribution in [3.05, 3.63) is 46.0 Å². The number of hydrogen-bond acceptors (Lipinski definition) is 2. The summed E-state index contributed by atoms with van der Waals surface area (Å²) in [5.41, 5.74) is 11.4. The summed E-state index contributed by atoms with van der Waals surface area (Å²) in [4.78, 5) is 4.62. The molecule has 1 unspecified atom stereocenters. The monoisotopic (exact) mass is 347 g/mol. The van der Waals surface area contributed by atoms with E-state index < -0.39 is 0 Å². The van der Waals surface area contributed by atoms with Crippen molar-refractivity contribution in [1.82, 2.24) is 9.55 Å². The van der Waals surface area contributed by atoms with E-state index in [0.29, 0.717) is 0 Å². The van der Waals surface area contributed by atoms with E-state index in [-0.39, 0.29) is 6.04 Å². The molecule has 1 aliphatic carbocycles. The number of aryl methyl sites for hydroxylation is 1. The molecule has 0 saturated heterocycles. The van der Waals surface area contributed by atoms with Crippen LogP contribution in [-0.2, 0) is 19.3 Å². The number of nitrogens with zero attached hydrogens (tertiary/aromatic N) is 2. The van der Waals surface area contributed by atoms with Gasteiger partial charge in [0.05, 0.1) is 17.7 Å². The maximum absolute atomic E-state index is 6.17. The fourth-order valence-corrected chi connectivity index (χ4v) is 3.46. The van der Waals surface area contributed by atoms with Crippen LogP contribution in [-0.4, -0.2) is 15.6 Å². The van der Waals surface area contributed by atoms with Crippen molar-refractivity contribution in [1.29, 1.82) is 0 Å². The summed E-state index contributed by atoms with van der Waals surface area (Å²) < 4.78 is 3.39. The molecule has 2 aromatic rings. The van der Waals surface area contributed by atoms with Crippen molar-refractivity contribution >= 4 is 15.9 Å². The summed E-state index contributed by atoms with van der Waals surface area (Å²) in [6.45, 7) is 2.14. The number of benzene rings is 1. The molecule has 1 aliphatic rings. The molecular weight excluding hydrogens is 326 g/mol. The van der Waals surface area contributed by atoms with Gasteiger partial charge >= 0.3 is 0 Å². The average molecular weight is 348 g/mol. The topological polar surface area (TPSA) is 43.8 Å². The lowest BCUT2D eigenvalue weighted by molar-refractivity contribution is 0.638. The highest BCUT2D eigenvalue weighted by molar-refractivity contribution is 9.10. The summed E-state index contributed by atoms with van der Waals surface area (Å²) in [7, 11) is 0. The molecule has 21 heavy (non-hydrogen) atoms. The molecule has 0 spiro atoms. The van der Waals surface area contributed by atoms with E-state index in [2.05, 4.69) is 50.6 Å². The van der Waals surface area contributed by atoms with E-state index in [1.165, 1.54) is 35.5 Å². The zero-order valence-electron chi connectivity index (χ0n) is 12.5. The van der Waals surface area contributed by atoms with Crippen molar-refractivity contribution in [3.8, 4) is 5.69 Å². The zero-order valence-corrected chi connectivity index (χ0v) is 14.1. The predicted octanol–water partition coefficient (Wildman–Crippen LogP) is 3.79. The second-order valence-electron chi connectivity index (χ2n) is 5.86. The third kappa shape index (κ3) is 3.06. The molecule has 4 heteroatoms. The lowest BCUT2D eigenvalue weighted by Crippen LogP contribution is -2.22. The Kier molecular flexibility index (Phi) is 4.45. The summed E-state index contributed by atoms with van der Waals surface area (Å²) in [5.74, 6) is 0. The van der Waals surface area contributed by atoms with Gasteiger partial charge < -0.3 is 10.3 Å². The van der Waals surface area contributed by atoms with Crippen LogP contribution >= 0.6 is 15.9 Å². The van der Waals surface area contributed by atoms with Crippen LogP contribution in [0.1, 0.15) is 43.1 Å². The molecule has 0 saturated carbocycles. The van der Waals surface area contributed by atoms with Crippen LogP contribution in [0.5, 0.6) is 0 Å². The summed E-state index contributed by atoms with van der Waals surface area (Å²) in [6, 6.07) is 6.68. The second kappa shape index (κ2) is 6.32. The van der Waals surface area contributed by atoms with Crippen molar-refractivity contribution < 1.29 is 0 Å². The molecule has 3 nitrogen and oxygen atoms in total. The van der Waals surface area contributed by atoms with Gasteiger partial charge in [0, 0.05) is 16.2 Å². The highest BCUT2D eigenvalue weighted by Crippen LogP contribution is 2.27. The number of fused-ring (bicyclic) bond motifs is 1. The minimum Gasteiger partial charge on any atom is -0.327 e. The molecule has 1 atom stereocenters. The molecule has 1 aromatic heterocycles. The maximum Gasteiger partial charge on any atom is 0.0997 e. The minimum absolute atomic E-state index is 0.206. The SMILES string of the molecule is CCC(N)Cc1cc(Br)ccc1-n1cnc2c1CCCC2. The first-order chi connectivity index (χ1) is 10.2. The van der Waals surface area contributed by atoms with Gasteiger partial charge in [0.1, 0.15) is 0 Å². The summed E-state index contributed by atoms with van der Waals surface area (Å²) in [6.07, 6.45) is 8.65. The van der Waals surface area contributed by atoms with Gasteiger partial charge in [-0.15, -0.1) is 0 Å². The minimum atomic E-state index is 0.206. The third-order valence-electron chi connectivity index (χ3n) is 4.34. The molecule has 0 amide bonds. The largest absolute Gasteiger partial charge is 0.327 e. The Morgan fingerprint density at radius 3 is 2.95 bits per heavy atom. The van der Waals surface area contributed by atoms with Crippen molar-refractivity contribution in [3.63, 3.8) is 0 Å². The van der Waals surface area contributed by atoms with Crippen LogP contribution in [0, 0.1) is 0 Å². The van der Waals surface area contributed by atoms with Gasteiger partial charge in [0.15, 0.2) is 0 Å². The summed E-state index contributed by atoms with van der Waals surface area (Å²) >= 11 is 3.58. The Balaban J connectivity index is 2.03. The van der Waals surface area contributed by atoms with E-state index in [4.69, 9.17) is 5.73 Å². The molecule has 0 aliphatic heterocycles. The van der Waals surface area contributed by atoms with Crippen molar-refractivity contribution in [2.75, 3.05) is 0 Å². The molecule has 0 bridgehead atoms. The third-order valence-corrected chi connectivity index (χ3v) is 4.83. The second-order valence-corrected chi connectivity index (χ2v) is 6.78. The zero-order chi connectivity index (χ0) is 14.8. The molecular formula is C17H22BrN3. The van der Waals surface area contributed by atoms with E-state index in [0.717, 1.165) is 30.2 Å². The van der Waals surface area contributed by atoms with Crippen LogP contribution in [0.2, 0.25) is 0 Å². The molecule has 1 heterocycles. The molecule has 0 fully saturated rings. The molecule has 3 rings (SSSR count). The number of imidazole rings is 1. The van der Waals surface area contributed by atoms with Crippen LogP contribution in [0.3, 0.4) is 0 Å². The first-order valence-corrected chi connectivity index (χ1v) is 8.57. The van der Waals surface area contributed by atoms with Crippen LogP contribution in [0.15, 0.2) is 29.0 Å². The fraction of sp³-hybridized carbons (Fsp3) is 0.471. The molecule has 112 valence electrons. The lowest BCUT2D eigenvalue weighted by Gasteiger charge is -2.18. The number of halogens is 1. The molecule has 1 aromatic carbocycles.